The second-order valence-electron chi connectivity index (χ2n) is 8.97. The summed E-state index contributed by atoms with van der Waals surface area (Å²) in [5.74, 6) is 0.780. The van der Waals surface area contributed by atoms with Gasteiger partial charge in [-0.1, -0.05) is 29.8 Å². The van der Waals surface area contributed by atoms with Crippen molar-refractivity contribution in [3.63, 3.8) is 0 Å². The number of hydrogen-bond acceptors (Lipinski definition) is 6. The molecule has 1 N–H and O–H groups in total. The van der Waals surface area contributed by atoms with Crippen molar-refractivity contribution in [1.82, 2.24) is 14.8 Å². The van der Waals surface area contributed by atoms with Crippen LogP contribution in [0.15, 0.2) is 53.9 Å². The molecule has 2 heterocycles. The largest absolute Gasteiger partial charge is 0.492 e. The Balaban J connectivity index is 1.36. The molecule has 1 aliphatic rings. The van der Waals surface area contributed by atoms with Crippen LogP contribution in [0.1, 0.15) is 36.3 Å². The molecule has 2 aromatic carbocycles. The number of benzene rings is 2. The molecule has 0 unspecified atom stereocenters. The quantitative estimate of drug-likeness (QED) is 0.401. The molecule has 10 heteroatoms. The van der Waals surface area contributed by atoms with E-state index in [0.29, 0.717) is 47.7 Å². The predicted octanol–water partition coefficient (Wildman–Crippen LogP) is 5.60. The van der Waals surface area contributed by atoms with Gasteiger partial charge in [0.1, 0.15) is 16.5 Å². The van der Waals surface area contributed by atoms with E-state index in [-0.39, 0.29) is 18.0 Å². The molecule has 4 rings (SSSR count). The van der Waals surface area contributed by atoms with Gasteiger partial charge in [0, 0.05) is 48.3 Å². The molecule has 37 heavy (non-hydrogen) atoms. The summed E-state index contributed by atoms with van der Waals surface area (Å²) in [5.41, 5.74) is 2.10. The minimum absolute atomic E-state index is 0.0603. The van der Waals surface area contributed by atoms with E-state index in [1.807, 2.05) is 43.9 Å². The summed E-state index contributed by atoms with van der Waals surface area (Å²) in [6.45, 7) is 9.43. The molecule has 0 radical (unpaired) electrons. The highest BCUT2D eigenvalue weighted by Gasteiger charge is 2.26. The van der Waals surface area contributed by atoms with Crippen molar-refractivity contribution in [2.45, 2.75) is 33.4 Å². The zero-order valence-electron chi connectivity index (χ0n) is 21.3. The third-order valence-electron chi connectivity index (χ3n) is 6.11. The molecule has 8 nitrogen and oxygen atoms in total. The lowest BCUT2D eigenvalue weighted by molar-refractivity contribution is 0.0741. The highest BCUT2D eigenvalue weighted by molar-refractivity contribution is 7.09. The van der Waals surface area contributed by atoms with Crippen LogP contribution in [-0.4, -0.2) is 65.5 Å². The molecule has 3 amide bonds. The second-order valence-corrected chi connectivity index (χ2v) is 10.3. The number of rotatable bonds is 8. The maximum atomic E-state index is 13.2. The summed E-state index contributed by atoms with van der Waals surface area (Å²) in [6, 6.07) is 14.7. The number of nitrogens with zero attached hydrogens (tertiary/aromatic N) is 4. The third kappa shape index (κ3) is 6.72. The van der Waals surface area contributed by atoms with Gasteiger partial charge in [0.05, 0.1) is 18.8 Å². The zero-order valence-corrected chi connectivity index (χ0v) is 22.9. The van der Waals surface area contributed by atoms with Gasteiger partial charge in [0.15, 0.2) is 0 Å². The van der Waals surface area contributed by atoms with Gasteiger partial charge in [0.25, 0.3) is 5.91 Å². The van der Waals surface area contributed by atoms with Gasteiger partial charge in [-0.05, 0) is 51.1 Å². The third-order valence-corrected chi connectivity index (χ3v) is 7.18. The number of nitrogens with one attached hydrogen (secondary N) is 1. The highest BCUT2D eigenvalue weighted by atomic mass is 35.5. The standard InChI is InChI=1S/C27H32ClN5O3S/c1-4-36-24-11-6-5-10-23(24)31-12-14-32(15-13-31)26(34)22-18-37-25(30-22)17-33(19(2)3)27(35)29-21-9-7-8-20(28)16-21/h5-11,16,18-19H,4,12-15,17H2,1-3H3,(H,29,35). The molecular weight excluding hydrogens is 510 g/mol. The topological polar surface area (TPSA) is 78.0 Å². The van der Waals surface area contributed by atoms with Crippen LogP contribution in [0.4, 0.5) is 16.2 Å². The van der Waals surface area contributed by atoms with Gasteiger partial charge in [-0.25, -0.2) is 9.78 Å². The first-order chi connectivity index (χ1) is 17.9. The van der Waals surface area contributed by atoms with Gasteiger partial charge in [-0.15, -0.1) is 11.3 Å². The van der Waals surface area contributed by atoms with Crippen LogP contribution in [0, 0.1) is 0 Å². The number of para-hydroxylation sites is 2. The second kappa shape index (κ2) is 12.3. The predicted molar refractivity (Wildman–Crippen MR) is 149 cm³/mol. The lowest BCUT2D eigenvalue weighted by Gasteiger charge is -2.36. The van der Waals surface area contributed by atoms with Crippen molar-refractivity contribution in [2.75, 3.05) is 43.0 Å². The van der Waals surface area contributed by atoms with Gasteiger partial charge in [-0.3, -0.25) is 4.79 Å². The normalized spacial score (nSPS) is 13.5. The van der Waals surface area contributed by atoms with E-state index in [9.17, 15) is 9.59 Å². The monoisotopic (exact) mass is 541 g/mol. The summed E-state index contributed by atoms with van der Waals surface area (Å²) in [7, 11) is 0. The lowest BCUT2D eigenvalue weighted by Crippen LogP contribution is -2.49. The fourth-order valence-corrected chi connectivity index (χ4v) is 5.14. The minimum Gasteiger partial charge on any atom is -0.492 e. The van der Waals surface area contributed by atoms with Crippen molar-refractivity contribution in [3.05, 3.63) is 69.6 Å². The molecular formula is C27H32ClN5O3S. The van der Waals surface area contributed by atoms with Crippen LogP contribution in [0.25, 0.3) is 0 Å². The molecule has 1 fully saturated rings. The van der Waals surface area contributed by atoms with Crippen LogP contribution in [0.2, 0.25) is 5.02 Å². The number of halogens is 1. The number of hydrogen-bond donors (Lipinski definition) is 1. The Morgan fingerprint density at radius 2 is 1.89 bits per heavy atom. The number of thiazole rings is 1. The van der Waals surface area contributed by atoms with E-state index in [1.165, 1.54) is 11.3 Å². The number of aromatic nitrogens is 1. The summed E-state index contributed by atoms with van der Waals surface area (Å²) < 4.78 is 5.77. The smallest absolute Gasteiger partial charge is 0.322 e. The molecule has 0 aliphatic carbocycles. The molecule has 1 saturated heterocycles. The summed E-state index contributed by atoms with van der Waals surface area (Å²) in [5, 5.41) is 5.93. The molecule has 1 aliphatic heterocycles. The van der Waals surface area contributed by atoms with E-state index in [0.717, 1.165) is 24.5 Å². The van der Waals surface area contributed by atoms with Crippen molar-refractivity contribution in [3.8, 4) is 5.75 Å². The van der Waals surface area contributed by atoms with E-state index in [4.69, 9.17) is 16.3 Å². The van der Waals surface area contributed by atoms with Crippen LogP contribution in [0.3, 0.4) is 0 Å². The highest BCUT2D eigenvalue weighted by Crippen LogP contribution is 2.29. The Morgan fingerprint density at radius 3 is 2.59 bits per heavy atom. The number of urea groups is 1. The minimum atomic E-state index is -0.246. The van der Waals surface area contributed by atoms with Gasteiger partial charge in [0.2, 0.25) is 0 Å². The molecule has 0 spiro atoms. The van der Waals surface area contributed by atoms with Gasteiger partial charge >= 0.3 is 6.03 Å². The summed E-state index contributed by atoms with van der Waals surface area (Å²) >= 11 is 7.43. The molecule has 0 saturated carbocycles. The number of ether oxygens (including phenoxy) is 1. The average molecular weight is 542 g/mol. The summed E-state index contributed by atoms with van der Waals surface area (Å²) in [4.78, 5) is 36.5. The molecule has 0 bridgehead atoms. The Hall–Kier alpha value is -3.30. The summed E-state index contributed by atoms with van der Waals surface area (Å²) in [6.07, 6.45) is 0. The fourth-order valence-electron chi connectivity index (χ4n) is 4.19. The number of carbonyl (C=O) groups excluding carboxylic acids is 2. The van der Waals surface area contributed by atoms with Gasteiger partial charge in [-0.2, -0.15) is 0 Å². The Morgan fingerprint density at radius 1 is 1.14 bits per heavy atom. The number of anilines is 2. The zero-order chi connectivity index (χ0) is 26.4. The number of carbonyl (C=O) groups is 2. The first-order valence-electron chi connectivity index (χ1n) is 12.4. The molecule has 3 aromatic rings. The SMILES string of the molecule is CCOc1ccccc1N1CCN(C(=O)c2csc(CN(C(=O)Nc3cccc(Cl)c3)C(C)C)n2)CC1. The molecule has 0 atom stereocenters. The van der Waals surface area contributed by atoms with Gasteiger partial charge < -0.3 is 24.8 Å². The van der Waals surface area contributed by atoms with E-state index < -0.39 is 0 Å². The van der Waals surface area contributed by atoms with Crippen molar-refractivity contribution >= 4 is 46.3 Å². The Bertz CT molecular complexity index is 1230. The van der Waals surface area contributed by atoms with Crippen LogP contribution < -0.4 is 15.0 Å². The van der Waals surface area contributed by atoms with Crippen LogP contribution in [-0.2, 0) is 6.54 Å². The van der Waals surface area contributed by atoms with Crippen molar-refractivity contribution in [1.29, 1.82) is 0 Å². The molecule has 196 valence electrons. The first kappa shape index (κ1) is 26.8. The van der Waals surface area contributed by atoms with E-state index in [1.54, 1.807) is 34.5 Å². The molecule has 1 aromatic heterocycles. The lowest BCUT2D eigenvalue weighted by atomic mass is 10.2. The van der Waals surface area contributed by atoms with Crippen molar-refractivity contribution in [2.24, 2.45) is 0 Å². The van der Waals surface area contributed by atoms with E-state index >= 15 is 0 Å². The van der Waals surface area contributed by atoms with Crippen LogP contribution >= 0.6 is 22.9 Å². The average Bonchev–Trinajstić information content (AvgIpc) is 3.36. The van der Waals surface area contributed by atoms with Crippen molar-refractivity contribution < 1.29 is 14.3 Å². The Labute approximate surface area is 226 Å². The Kier molecular flexibility index (Phi) is 8.89. The number of piperazine rings is 1. The first-order valence-corrected chi connectivity index (χ1v) is 13.6. The number of amides is 3. The van der Waals surface area contributed by atoms with E-state index in [2.05, 4.69) is 21.3 Å². The maximum absolute atomic E-state index is 13.2. The van der Waals surface area contributed by atoms with Crippen LogP contribution in [0.5, 0.6) is 5.75 Å². The maximum Gasteiger partial charge on any atom is 0.322 e. The fraction of sp³-hybridized carbons (Fsp3) is 0.370.